The van der Waals surface area contributed by atoms with Crippen molar-refractivity contribution in [1.82, 2.24) is 19.6 Å². The van der Waals surface area contributed by atoms with E-state index in [2.05, 4.69) is 20.6 Å². The third kappa shape index (κ3) is 6.70. The first-order valence-corrected chi connectivity index (χ1v) is 10.8. The van der Waals surface area contributed by atoms with Gasteiger partial charge in [-0.2, -0.15) is 10.1 Å². The zero-order chi connectivity index (χ0) is 23.8. The Hall–Kier alpha value is -3.08. The first kappa shape index (κ1) is 24.6. The molecule has 1 aromatic carbocycles. The molecule has 13 heteroatoms. The molecule has 2 heterocycles. The van der Waals surface area contributed by atoms with Gasteiger partial charge in [0.25, 0.3) is 11.9 Å². The quantitative estimate of drug-likeness (QED) is 0.273. The van der Waals surface area contributed by atoms with E-state index >= 15 is 0 Å². The number of aromatic nitrogens is 3. The summed E-state index contributed by atoms with van der Waals surface area (Å²) in [4.78, 5) is 28.8. The van der Waals surface area contributed by atoms with Gasteiger partial charge in [0.2, 0.25) is 0 Å². The number of aryl methyl sites for hydroxylation is 1. The Labute approximate surface area is 197 Å². The van der Waals surface area contributed by atoms with Crippen LogP contribution in [0.5, 0.6) is 0 Å². The van der Waals surface area contributed by atoms with E-state index in [1.54, 1.807) is 25.2 Å². The number of nitrogens with zero attached hydrogens (tertiary/aromatic N) is 4. The number of carbonyl (C=O) groups is 2. The number of hydrogen-bond acceptors (Lipinski definition) is 8. The highest BCUT2D eigenvalue weighted by atomic mass is 35.5. The van der Waals surface area contributed by atoms with Gasteiger partial charge < -0.3 is 29.6 Å². The number of rotatable bonds is 12. The van der Waals surface area contributed by atoms with Crippen molar-refractivity contribution in [3.8, 4) is 11.1 Å². The molecule has 33 heavy (non-hydrogen) atoms. The van der Waals surface area contributed by atoms with E-state index in [4.69, 9.17) is 16.0 Å². The first-order chi connectivity index (χ1) is 15.9. The SMILES string of the molecule is CCN(CCCn1cc(-c2ccc(Cl)c(NC(=O)c3coc(N[B]C=O)n3)c2)cn1)B(C)O. The molecule has 0 aliphatic carbocycles. The lowest BCUT2D eigenvalue weighted by Crippen LogP contribution is -2.37. The second kappa shape index (κ2) is 11.7. The highest BCUT2D eigenvalue weighted by Gasteiger charge is 2.16. The molecule has 171 valence electrons. The fraction of sp³-hybridized carbons (Fsp3) is 0.300. The molecule has 3 N–H and O–H groups in total. The van der Waals surface area contributed by atoms with Gasteiger partial charge in [-0.25, -0.2) is 0 Å². The predicted molar refractivity (Wildman–Crippen MR) is 129 cm³/mol. The number of oxazole rings is 1. The lowest BCUT2D eigenvalue weighted by Gasteiger charge is -2.20. The van der Waals surface area contributed by atoms with Crippen LogP contribution in [-0.4, -0.2) is 64.2 Å². The summed E-state index contributed by atoms with van der Waals surface area (Å²) < 4.78 is 6.93. The summed E-state index contributed by atoms with van der Waals surface area (Å²) >= 11 is 6.27. The molecule has 0 unspecified atom stereocenters. The van der Waals surface area contributed by atoms with Crippen LogP contribution in [0, 0.1) is 0 Å². The van der Waals surface area contributed by atoms with E-state index in [-0.39, 0.29) is 11.7 Å². The third-order valence-corrected chi connectivity index (χ3v) is 5.29. The van der Waals surface area contributed by atoms with Gasteiger partial charge in [-0.3, -0.25) is 9.48 Å². The molecule has 0 fully saturated rings. The normalized spacial score (nSPS) is 10.8. The molecule has 0 saturated heterocycles. The third-order valence-electron chi connectivity index (χ3n) is 4.96. The van der Waals surface area contributed by atoms with Crippen molar-refractivity contribution in [2.45, 2.75) is 26.7 Å². The van der Waals surface area contributed by atoms with E-state index in [0.29, 0.717) is 23.4 Å². The average molecular weight is 470 g/mol. The van der Waals surface area contributed by atoms with Crippen LogP contribution in [0.3, 0.4) is 0 Å². The Balaban J connectivity index is 1.65. The smallest absolute Gasteiger partial charge is 0.376 e. The van der Waals surface area contributed by atoms with Crippen molar-refractivity contribution in [2.75, 3.05) is 23.6 Å². The molecular formula is C20H24B2ClN6O4. The lowest BCUT2D eigenvalue weighted by atomic mass is 9.85. The summed E-state index contributed by atoms with van der Waals surface area (Å²) in [5.74, 6) is -0.508. The molecule has 0 aliphatic heterocycles. The van der Waals surface area contributed by atoms with Crippen molar-refractivity contribution in [1.29, 1.82) is 0 Å². The van der Waals surface area contributed by atoms with Gasteiger partial charge in [-0.15, -0.1) is 0 Å². The van der Waals surface area contributed by atoms with Crippen LogP contribution < -0.4 is 10.5 Å². The predicted octanol–water partition coefficient (Wildman–Crippen LogP) is 2.49. The molecular weight excluding hydrogens is 445 g/mol. The minimum Gasteiger partial charge on any atom is -0.437 e. The molecule has 10 nitrogen and oxygen atoms in total. The Morgan fingerprint density at radius 2 is 2.24 bits per heavy atom. The van der Waals surface area contributed by atoms with Crippen LogP contribution in [0.25, 0.3) is 11.1 Å². The van der Waals surface area contributed by atoms with Crippen molar-refractivity contribution >= 4 is 49.9 Å². The van der Waals surface area contributed by atoms with E-state index in [9.17, 15) is 14.6 Å². The number of hydrogen-bond donors (Lipinski definition) is 3. The van der Waals surface area contributed by atoms with E-state index < -0.39 is 13.0 Å². The summed E-state index contributed by atoms with van der Waals surface area (Å²) in [6.07, 6.45) is 6.23. The zero-order valence-electron chi connectivity index (χ0n) is 18.4. The lowest BCUT2D eigenvalue weighted by molar-refractivity contribution is 0.102. The van der Waals surface area contributed by atoms with Crippen LogP contribution in [0.15, 0.2) is 41.3 Å². The Bertz CT molecular complexity index is 1090. The van der Waals surface area contributed by atoms with Gasteiger partial charge in [0, 0.05) is 18.3 Å². The zero-order valence-corrected chi connectivity index (χ0v) is 19.1. The summed E-state index contributed by atoms with van der Waals surface area (Å²) in [6, 6.07) is 5.32. The van der Waals surface area contributed by atoms with E-state index in [0.717, 1.165) is 38.1 Å². The number of carbonyl (C=O) groups excluding carboxylic acids is 2. The van der Waals surface area contributed by atoms with Crippen LogP contribution in [-0.2, 0) is 11.3 Å². The number of nitrogens with one attached hydrogen (secondary N) is 2. The van der Waals surface area contributed by atoms with Crippen molar-refractivity contribution in [3.63, 3.8) is 0 Å². The molecule has 2 aromatic heterocycles. The molecule has 0 atom stereocenters. The average Bonchev–Trinajstić information content (AvgIpc) is 3.46. The summed E-state index contributed by atoms with van der Waals surface area (Å²) in [7, 11) is 0.627. The van der Waals surface area contributed by atoms with E-state index in [1.165, 1.54) is 6.26 Å². The molecule has 1 amide bonds. The molecule has 3 aromatic rings. The van der Waals surface area contributed by atoms with Gasteiger partial charge in [0.05, 0.1) is 16.9 Å². The number of benzene rings is 1. The summed E-state index contributed by atoms with van der Waals surface area (Å²) in [5, 5.41) is 19.7. The largest absolute Gasteiger partial charge is 0.437 e. The number of amides is 1. The standard InChI is InChI=1S/C20H24B2ClN6O4/c1-3-28(22(2)32)7-4-8-29-11-15(10-24-29)14-5-6-16(23)17(9-14)25-19(31)18-12-33-20(26-18)27-21-13-30/h5-6,9-13,32H,3-4,7-8H2,1-2H3,(H,25,31)(H,26,27). The van der Waals surface area contributed by atoms with Crippen LogP contribution >= 0.6 is 11.6 Å². The molecule has 3 rings (SSSR count). The highest BCUT2D eigenvalue weighted by molar-refractivity contribution is 6.69. The summed E-state index contributed by atoms with van der Waals surface area (Å²) in [5.41, 5.74) is 2.16. The fourth-order valence-electron chi connectivity index (χ4n) is 3.22. The van der Waals surface area contributed by atoms with Gasteiger partial charge in [0.15, 0.2) is 5.69 Å². The van der Waals surface area contributed by atoms with Crippen molar-refractivity contribution in [2.24, 2.45) is 0 Å². The van der Waals surface area contributed by atoms with Crippen molar-refractivity contribution in [3.05, 3.63) is 47.6 Å². The molecule has 0 spiro atoms. The maximum Gasteiger partial charge on any atom is 0.376 e. The van der Waals surface area contributed by atoms with Crippen LogP contribution in [0.1, 0.15) is 23.8 Å². The minimum absolute atomic E-state index is 0.0232. The van der Waals surface area contributed by atoms with Crippen molar-refractivity contribution < 1.29 is 19.0 Å². The fourth-order valence-corrected chi connectivity index (χ4v) is 3.38. The maximum atomic E-state index is 12.5. The minimum atomic E-state index is -0.508. The molecule has 1 radical (unpaired) electrons. The Morgan fingerprint density at radius 3 is 2.97 bits per heavy atom. The Morgan fingerprint density at radius 1 is 1.42 bits per heavy atom. The number of halogens is 1. The van der Waals surface area contributed by atoms with Crippen LogP contribution in [0.2, 0.25) is 11.8 Å². The maximum absolute atomic E-state index is 12.5. The Kier molecular flexibility index (Phi) is 8.70. The van der Waals surface area contributed by atoms with Gasteiger partial charge >= 0.3 is 14.5 Å². The first-order valence-electron chi connectivity index (χ1n) is 10.5. The molecule has 0 saturated carbocycles. The number of anilines is 2. The summed E-state index contributed by atoms with van der Waals surface area (Å²) in [6.45, 7) is 6.04. The monoisotopic (exact) mass is 469 g/mol. The van der Waals surface area contributed by atoms with Gasteiger partial charge in [0.1, 0.15) is 12.4 Å². The topological polar surface area (TPSA) is 126 Å². The van der Waals surface area contributed by atoms with Crippen LogP contribution in [0.4, 0.5) is 11.7 Å². The second-order valence-corrected chi connectivity index (χ2v) is 7.65. The molecule has 0 bridgehead atoms. The second-order valence-electron chi connectivity index (χ2n) is 7.24. The highest BCUT2D eigenvalue weighted by Crippen LogP contribution is 2.29. The van der Waals surface area contributed by atoms with Gasteiger partial charge in [-0.1, -0.05) is 24.6 Å². The molecule has 0 aliphatic rings. The van der Waals surface area contributed by atoms with Gasteiger partial charge in [-0.05, 0) is 44.0 Å². The van der Waals surface area contributed by atoms with E-state index in [1.807, 2.05) is 28.7 Å².